The molecule has 7 amide bonds. The molecule has 0 aromatic rings. The Hall–Kier alpha value is -3.51. The molecule has 0 radical (unpaired) electrons. The van der Waals surface area contributed by atoms with Gasteiger partial charge < -0.3 is 26.2 Å². The average Bonchev–Trinajstić information content (AvgIpc) is 4.01. The first-order valence-corrected chi connectivity index (χ1v) is 21.1. The lowest BCUT2D eigenvalue weighted by Gasteiger charge is -2.43. The van der Waals surface area contributed by atoms with E-state index in [1.807, 2.05) is 48.5 Å². The van der Waals surface area contributed by atoms with Crippen molar-refractivity contribution < 1.29 is 33.6 Å². The predicted octanol–water partition coefficient (Wildman–Crippen LogP) is 4.36. The van der Waals surface area contributed by atoms with E-state index in [9.17, 15) is 28.8 Å². The van der Waals surface area contributed by atoms with Crippen LogP contribution in [0.25, 0.3) is 0 Å². The number of piperidine rings is 1. The van der Waals surface area contributed by atoms with Crippen LogP contribution in [0, 0.1) is 33.5 Å². The van der Waals surface area contributed by atoms with Crippen LogP contribution in [0.4, 0.5) is 4.79 Å². The highest BCUT2D eigenvalue weighted by Gasteiger charge is 2.64. The number of nitrogens with zero attached hydrogens (tertiary/aromatic N) is 2. The second-order valence-corrected chi connectivity index (χ2v) is 20.2. The molecule has 4 aliphatic carbocycles. The molecule has 0 aromatic carbocycles. The molecule has 2 heterocycles. The first-order chi connectivity index (χ1) is 25.8. The van der Waals surface area contributed by atoms with Gasteiger partial charge in [0.05, 0.1) is 12.1 Å². The molecule has 1 spiro atoms. The van der Waals surface area contributed by atoms with Gasteiger partial charge in [-0.15, -0.1) is 0 Å². The molecule has 4 N–H and O–H groups in total. The van der Waals surface area contributed by atoms with Gasteiger partial charge in [-0.05, 0) is 91.3 Å². The van der Waals surface area contributed by atoms with E-state index < -0.39 is 64.0 Å². The lowest BCUT2D eigenvalue weighted by atomic mass is 9.70. The van der Waals surface area contributed by atoms with Crippen molar-refractivity contribution in [3.05, 3.63) is 0 Å². The highest BCUT2D eigenvalue weighted by molar-refractivity contribution is 6.38. The maximum absolute atomic E-state index is 15.2. The van der Waals surface area contributed by atoms with E-state index in [1.54, 1.807) is 4.90 Å². The van der Waals surface area contributed by atoms with Crippen molar-refractivity contribution in [1.82, 2.24) is 31.1 Å². The molecule has 0 aromatic heterocycles. The van der Waals surface area contributed by atoms with E-state index >= 15 is 4.79 Å². The number of Topliss-reactive ketones (excluding diaryl/α,β-unsaturated/α-hetero) is 1. The Balaban J connectivity index is 1.24. The minimum atomic E-state index is -0.988. The standard InChI is InChI=1S/C42H66N6O7/c1-8-12-28(33(51)36(53)43-25-13-14-25)44-35(52)32-26-15-18-42(19-20-42)27(26)23-48(32)37(54)34(41(7)16-10-9-11-17-41)46-38(55)45-29(39(2,3)4)24-47-30(49)21-40(5,6)22-31(47)50/h25-29,32,34H,8-24H2,1-7H3,(H,43,53)(H,44,52)(H2,45,46,55)/t26-,27-,28?,29+,32-,34+/m0/s1. The van der Waals surface area contributed by atoms with Gasteiger partial charge in [0.15, 0.2) is 0 Å². The molecule has 1 unspecified atom stereocenters. The summed E-state index contributed by atoms with van der Waals surface area (Å²) in [5.41, 5.74) is -1.41. The number of hydrogen-bond donors (Lipinski definition) is 4. The van der Waals surface area contributed by atoms with Crippen LogP contribution >= 0.6 is 0 Å². The second kappa shape index (κ2) is 15.4. The van der Waals surface area contributed by atoms with Gasteiger partial charge in [0.25, 0.3) is 5.91 Å². The third kappa shape index (κ3) is 8.90. The van der Waals surface area contributed by atoms with Crippen molar-refractivity contribution in [1.29, 1.82) is 0 Å². The fourth-order valence-electron chi connectivity index (χ4n) is 10.2. The predicted molar refractivity (Wildman–Crippen MR) is 206 cm³/mol. The summed E-state index contributed by atoms with van der Waals surface area (Å²) in [4.78, 5) is 99.1. The van der Waals surface area contributed by atoms with Gasteiger partial charge in [0, 0.05) is 32.0 Å². The molecule has 4 saturated carbocycles. The van der Waals surface area contributed by atoms with Crippen molar-refractivity contribution in [3.8, 4) is 0 Å². The average molecular weight is 767 g/mol. The molecule has 6 rings (SSSR count). The summed E-state index contributed by atoms with van der Waals surface area (Å²) in [5.74, 6) is -2.49. The van der Waals surface area contributed by atoms with Crippen LogP contribution in [0.15, 0.2) is 0 Å². The van der Waals surface area contributed by atoms with E-state index in [-0.39, 0.29) is 60.4 Å². The Morgan fingerprint density at radius 3 is 2.04 bits per heavy atom. The van der Waals surface area contributed by atoms with Crippen molar-refractivity contribution in [2.45, 2.75) is 175 Å². The summed E-state index contributed by atoms with van der Waals surface area (Å²) in [5, 5.41) is 11.8. The van der Waals surface area contributed by atoms with Crippen LogP contribution in [0.1, 0.15) is 145 Å². The first kappa shape index (κ1) is 41.1. The maximum Gasteiger partial charge on any atom is 0.315 e. The van der Waals surface area contributed by atoms with Crippen molar-refractivity contribution in [2.24, 2.45) is 33.5 Å². The number of hydrogen-bond acceptors (Lipinski definition) is 7. The van der Waals surface area contributed by atoms with Crippen LogP contribution in [0.3, 0.4) is 0 Å². The summed E-state index contributed by atoms with van der Waals surface area (Å²) in [6.45, 7) is 14.0. The smallest absolute Gasteiger partial charge is 0.315 e. The Labute approximate surface area is 327 Å². The number of imide groups is 1. The molecule has 55 heavy (non-hydrogen) atoms. The largest absolute Gasteiger partial charge is 0.347 e. The van der Waals surface area contributed by atoms with Crippen LogP contribution in [-0.2, 0) is 28.8 Å². The molecule has 306 valence electrons. The van der Waals surface area contributed by atoms with E-state index in [0.29, 0.717) is 19.4 Å². The number of likely N-dealkylation sites (tertiary alicyclic amines) is 2. The van der Waals surface area contributed by atoms with Crippen molar-refractivity contribution >= 4 is 41.4 Å². The number of nitrogens with one attached hydrogen (secondary N) is 4. The van der Waals surface area contributed by atoms with E-state index in [0.717, 1.165) is 70.6 Å². The molecule has 6 fully saturated rings. The van der Waals surface area contributed by atoms with Gasteiger partial charge in [0.1, 0.15) is 12.1 Å². The quantitative estimate of drug-likeness (QED) is 0.159. The summed E-state index contributed by atoms with van der Waals surface area (Å²) in [6.07, 6.45) is 11.3. The second-order valence-electron chi connectivity index (χ2n) is 20.2. The van der Waals surface area contributed by atoms with Crippen LogP contribution in [0.5, 0.6) is 0 Å². The molecule has 0 bridgehead atoms. The van der Waals surface area contributed by atoms with Gasteiger partial charge in [-0.3, -0.25) is 33.7 Å². The van der Waals surface area contributed by atoms with E-state index in [1.165, 1.54) is 4.90 Å². The van der Waals surface area contributed by atoms with Crippen LogP contribution in [0.2, 0.25) is 0 Å². The summed E-state index contributed by atoms with van der Waals surface area (Å²) < 4.78 is 0. The molecular formula is C42H66N6O7. The maximum atomic E-state index is 15.2. The van der Waals surface area contributed by atoms with Gasteiger partial charge in [-0.1, -0.05) is 74.1 Å². The molecule has 6 aliphatic rings. The number of ketones is 1. The van der Waals surface area contributed by atoms with Crippen LogP contribution in [-0.4, -0.2) is 94.4 Å². The number of carbonyl (C=O) groups excluding carboxylic acids is 7. The number of rotatable bonds is 13. The molecule has 2 aliphatic heterocycles. The zero-order valence-corrected chi connectivity index (χ0v) is 34.3. The molecule has 2 saturated heterocycles. The van der Waals surface area contributed by atoms with E-state index in [4.69, 9.17) is 0 Å². The summed E-state index contributed by atoms with van der Waals surface area (Å²) in [7, 11) is 0. The topological polar surface area (TPSA) is 174 Å². The van der Waals surface area contributed by atoms with Crippen molar-refractivity contribution in [2.75, 3.05) is 13.1 Å². The Morgan fingerprint density at radius 1 is 0.836 bits per heavy atom. The normalized spacial score (nSPS) is 28.2. The lowest BCUT2D eigenvalue weighted by Crippen LogP contribution is -2.63. The Bertz CT molecular complexity index is 1530. The van der Waals surface area contributed by atoms with Crippen molar-refractivity contribution in [3.63, 3.8) is 0 Å². The molecule has 6 atom stereocenters. The zero-order valence-electron chi connectivity index (χ0n) is 34.3. The summed E-state index contributed by atoms with van der Waals surface area (Å²) >= 11 is 0. The third-order valence-corrected chi connectivity index (χ3v) is 14.0. The minimum Gasteiger partial charge on any atom is -0.347 e. The fourth-order valence-corrected chi connectivity index (χ4v) is 10.2. The number of carbonyl (C=O) groups is 7. The lowest BCUT2D eigenvalue weighted by molar-refractivity contribution is -0.153. The number of amides is 7. The molecule has 13 nitrogen and oxygen atoms in total. The number of urea groups is 1. The molecular weight excluding hydrogens is 700 g/mol. The van der Waals surface area contributed by atoms with Crippen LogP contribution < -0.4 is 21.3 Å². The van der Waals surface area contributed by atoms with Gasteiger partial charge in [0.2, 0.25) is 29.4 Å². The highest BCUT2D eigenvalue weighted by Crippen LogP contribution is 2.66. The third-order valence-electron chi connectivity index (χ3n) is 14.0. The minimum absolute atomic E-state index is 0.00924. The van der Waals surface area contributed by atoms with E-state index in [2.05, 4.69) is 21.3 Å². The Kier molecular flexibility index (Phi) is 11.5. The zero-order chi connectivity index (χ0) is 40.1. The highest BCUT2D eigenvalue weighted by atomic mass is 16.2. The molecule has 13 heteroatoms. The monoisotopic (exact) mass is 766 g/mol. The SMILES string of the molecule is CCCC(NC(=O)[C@@H]1[C@H]2CCC3(CC3)[C@H]2CN1C(=O)[C@@H](NC(=O)N[C@H](CN1C(=O)CC(C)(C)CC1=O)C(C)(C)C)C1(C)CCCCC1)C(=O)C(=O)NC1CC1. The first-order valence-electron chi connectivity index (χ1n) is 21.1. The summed E-state index contributed by atoms with van der Waals surface area (Å²) in [6, 6.07) is -3.89. The van der Waals surface area contributed by atoms with Gasteiger partial charge in [-0.2, -0.15) is 0 Å². The van der Waals surface area contributed by atoms with Gasteiger partial charge in [-0.25, -0.2) is 4.79 Å². The Morgan fingerprint density at radius 2 is 1.47 bits per heavy atom. The fraction of sp³-hybridized carbons (Fsp3) is 0.833. The van der Waals surface area contributed by atoms with Gasteiger partial charge >= 0.3 is 6.03 Å². The number of fused-ring (bicyclic) bond motifs is 2.